The number of hydrogen-bond acceptors (Lipinski definition) is 6. The van der Waals surface area contributed by atoms with Crippen molar-refractivity contribution < 1.29 is 28.3 Å². The van der Waals surface area contributed by atoms with Gasteiger partial charge in [0.1, 0.15) is 12.7 Å². The van der Waals surface area contributed by atoms with Gasteiger partial charge in [-0.25, -0.2) is 4.57 Å². The molecule has 2 atom stereocenters. The Hall–Kier alpha value is -0.430. The number of allylic oxidation sites excluding steroid dienone is 1. The van der Waals surface area contributed by atoms with E-state index in [2.05, 4.69) is 9.05 Å². The number of ether oxygens (including phenoxy) is 1. The first kappa shape index (κ1) is 15.6. The molecule has 0 aromatic carbocycles. The minimum Gasteiger partial charge on any atom is -0.499 e. The number of aliphatic hydroxyl groups is 1. The van der Waals surface area contributed by atoms with Gasteiger partial charge in [-0.2, -0.15) is 0 Å². The molecule has 16 heavy (non-hydrogen) atoms. The van der Waals surface area contributed by atoms with Crippen molar-refractivity contribution in [2.24, 2.45) is 5.73 Å². The molecule has 0 aliphatic rings. The summed E-state index contributed by atoms with van der Waals surface area (Å²) in [6, 6.07) is 0. The maximum absolute atomic E-state index is 11.1. The first-order chi connectivity index (χ1) is 7.52. The third-order valence-electron chi connectivity index (χ3n) is 1.32. The summed E-state index contributed by atoms with van der Waals surface area (Å²) < 4.78 is 24.9. The largest absolute Gasteiger partial charge is 0.499 e. The molecule has 96 valence electrons. The van der Waals surface area contributed by atoms with E-state index in [-0.39, 0.29) is 26.4 Å². The van der Waals surface area contributed by atoms with Crippen LogP contribution in [0.15, 0.2) is 12.3 Å². The fraction of sp³-hybridized carbons (Fsp3) is 0.750. The van der Waals surface area contributed by atoms with Crippen LogP contribution < -0.4 is 5.73 Å². The molecule has 0 bridgehead atoms. The Morgan fingerprint density at radius 1 is 1.44 bits per heavy atom. The van der Waals surface area contributed by atoms with Crippen molar-refractivity contribution in [2.45, 2.75) is 13.0 Å². The monoisotopic (exact) mass is 255 g/mol. The van der Waals surface area contributed by atoms with Crippen LogP contribution in [0.2, 0.25) is 0 Å². The molecule has 0 aromatic rings. The van der Waals surface area contributed by atoms with Crippen LogP contribution in [0.4, 0.5) is 0 Å². The second kappa shape index (κ2) is 8.69. The van der Waals surface area contributed by atoms with Gasteiger partial charge < -0.3 is 20.5 Å². The van der Waals surface area contributed by atoms with E-state index < -0.39 is 13.9 Å². The van der Waals surface area contributed by atoms with Crippen molar-refractivity contribution in [1.82, 2.24) is 0 Å². The van der Waals surface area contributed by atoms with Crippen LogP contribution >= 0.6 is 7.82 Å². The van der Waals surface area contributed by atoms with E-state index >= 15 is 0 Å². The Bertz CT molecular complexity index is 247. The summed E-state index contributed by atoms with van der Waals surface area (Å²) in [6.07, 6.45) is 2.04. The predicted molar refractivity (Wildman–Crippen MR) is 57.6 cm³/mol. The zero-order valence-electron chi connectivity index (χ0n) is 9.11. The highest BCUT2D eigenvalue weighted by molar-refractivity contribution is 7.47. The zero-order valence-corrected chi connectivity index (χ0v) is 10.0. The molecular weight excluding hydrogens is 237 g/mol. The number of nitrogens with two attached hydrogens (primary N) is 1. The Morgan fingerprint density at radius 2 is 2.12 bits per heavy atom. The summed E-state index contributed by atoms with van der Waals surface area (Å²) in [4.78, 5) is 9.06. The lowest BCUT2D eigenvalue weighted by Crippen LogP contribution is -2.20. The Balaban J connectivity index is 3.72. The highest BCUT2D eigenvalue weighted by Gasteiger charge is 2.22. The Morgan fingerprint density at radius 3 is 2.69 bits per heavy atom. The number of aliphatic hydroxyl groups excluding tert-OH is 1. The molecular formula is C8H18NO6P. The number of phosphoric acid groups is 1. The molecule has 0 heterocycles. The lowest BCUT2D eigenvalue weighted by atomic mass is 10.4. The SMILES string of the molecule is C/C=C/OC[C@@H](O)COP(=O)(O)OCCN. The lowest BCUT2D eigenvalue weighted by molar-refractivity contribution is 0.0312. The predicted octanol–water partition coefficient (Wildman–Crippen LogP) is -0.0102. The minimum atomic E-state index is -4.12. The fourth-order valence-electron chi connectivity index (χ4n) is 0.697. The molecule has 0 aromatic heterocycles. The van der Waals surface area contributed by atoms with Crippen LogP contribution in [-0.2, 0) is 18.3 Å². The van der Waals surface area contributed by atoms with Crippen molar-refractivity contribution in [1.29, 1.82) is 0 Å². The third kappa shape index (κ3) is 8.84. The summed E-state index contributed by atoms with van der Waals surface area (Å²) >= 11 is 0. The highest BCUT2D eigenvalue weighted by Crippen LogP contribution is 2.42. The highest BCUT2D eigenvalue weighted by atomic mass is 31.2. The summed E-state index contributed by atoms with van der Waals surface area (Å²) in [7, 11) is -4.12. The van der Waals surface area contributed by atoms with Crippen LogP contribution in [0.5, 0.6) is 0 Å². The Labute approximate surface area is 94.4 Å². The van der Waals surface area contributed by atoms with Crippen molar-refractivity contribution in [3.05, 3.63) is 12.3 Å². The molecule has 0 radical (unpaired) electrons. The van der Waals surface area contributed by atoms with Crippen LogP contribution in [0.1, 0.15) is 6.92 Å². The molecule has 0 rings (SSSR count). The molecule has 0 aliphatic heterocycles. The van der Waals surface area contributed by atoms with Crippen LogP contribution in [0.25, 0.3) is 0 Å². The van der Waals surface area contributed by atoms with E-state index in [0.29, 0.717) is 0 Å². The van der Waals surface area contributed by atoms with E-state index in [1.165, 1.54) is 6.26 Å². The van der Waals surface area contributed by atoms with E-state index in [9.17, 15) is 9.67 Å². The molecule has 1 unspecified atom stereocenters. The van der Waals surface area contributed by atoms with Gasteiger partial charge in [0.2, 0.25) is 0 Å². The van der Waals surface area contributed by atoms with Gasteiger partial charge in [0.15, 0.2) is 0 Å². The van der Waals surface area contributed by atoms with Gasteiger partial charge in [0.05, 0.1) is 19.5 Å². The quantitative estimate of drug-likeness (QED) is 0.392. The van der Waals surface area contributed by atoms with Crippen LogP contribution in [0, 0.1) is 0 Å². The molecule has 0 aliphatic carbocycles. The molecule has 0 saturated heterocycles. The first-order valence-corrected chi connectivity index (χ1v) is 6.24. The van der Waals surface area contributed by atoms with Crippen LogP contribution in [-0.4, -0.2) is 42.5 Å². The van der Waals surface area contributed by atoms with Gasteiger partial charge in [-0.3, -0.25) is 9.05 Å². The second-order valence-corrected chi connectivity index (χ2v) is 4.30. The molecule has 0 fully saturated rings. The standard InChI is InChI=1S/C8H18NO6P/c1-2-4-13-6-8(10)7-15-16(11,12)14-5-3-9/h2,4,8,10H,3,5-7,9H2,1H3,(H,11,12)/b4-2+/t8-/m1/s1. The average Bonchev–Trinajstić information content (AvgIpc) is 2.24. The summed E-state index contributed by atoms with van der Waals surface area (Å²) in [5.41, 5.74) is 5.08. The fourth-order valence-corrected chi connectivity index (χ4v) is 1.47. The van der Waals surface area contributed by atoms with Gasteiger partial charge in [-0.1, -0.05) is 6.08 Å². The first-order valence-electron chi connectivity index (χ1n) is 4.74. The molecule has 0 spiro atoms. The van der Waals surface area contributed by atoms with Gasteiger partial charge in [-0.15, -0.1) is 0 Å². The summed E-state index contributed by atoms with van der Waals surface area (Å²) in [5.74, 6) is 0. The van der Waals surface area contributed by atoms with E-state index in [0.717, 1.165) is 0 Å². The van der Waals surface area contributed by atoms with Crippen molar-refractivity contribution in [3.63, 3.8) is 0 Å². The van der Waals surface area contributed by atoms with E-state index in [1.807, 2.05) is 0 Å². The van der Waals surface area contributed by atoms with Crippen molar-refractivity contribution in [3.8, 4) is 0 Å². The van der Waals surface area contributed by atoms with Gasteiger partial charge in [0.25, 0.3) is 0 Å². The molecule has 0 saturated carbocycles. The smallest absolute Gasteiger partial charge is 0.472 e. The topological polar surface area (TPSA) is 111 Å². The maximum Gasteiger partial charge on any atom is 0.472 e. The maximum atomic E-state index is 11.1. The Kier molecular flexibility index (Phi) is 8.46. The zero-order chi connectivity index (χ0) is 12.4. The number of rotatable bonds is 9. The minimum absolute atomic E-state index is 0.0266. The van der Waals surface area contributed by atoms with Crippen molar-refractivity contribution >= 4 is 7.82 Å². The molecule has 7 nitrogen and oxygen atoms in total. The van der Waals surface area contributed by atoms with Crippen LogP contribution in [0.3, 0.4) is 0 Å². The number of phosphoric ester groups is 1. The summed E-state index contributed by atoms with van der Waals surface area (Å²) in [6.45, 7) is 1.41. The van der Waals surface area contributed by atoms with Gasteiger partial charge >= 0.3 is 7.82 Å². The summed E-state index contributed by atoms with van der Waals surface area (Å²) in [5, 5.41) is 9.27. The van der Waals surface area contributed by atoms with E-state index in [1.54, 1.807) is 13.0 Å². The van der Waals surface area contributed by atoms with Gasteiger partial charge in [-0.05, 0) is 6.92 Å². The molecule has 4 N–H and O–H groups in total. The number of hydrogen-bond donors (Lipinski definition) is 3. The molecule has 8 heteroatoms. The van der Waals surface area contributed by atoms with Crippen molar-refractivity contribution in [2.75, 3.05) is 26.4 Å². The second-order valence-electron chi connectivity index (χ2n) is 2.84. The molecule has 0 amide bonds. The lowest BCUT2D eigenvalue weighted by Gasteiger charge is -2.14. The van der Waals surface area contributed by atoms with E-state index in [4.69, 9.17) is 15.4 Å². The van der Waals surface area contributed by atoms with Gasteiger partial charge in [0, 0.05) is 6.54 Å². The normalized spacial score (nSPS) is 17.2. The average molecular weight is 255 g/mol. The third-order valence-corrected chi connectivity index (χ3v) is 2.31.